The minimum absolute atomic E-state index is 0.0673. The first-order valence-corrected chi connectivity index (χ1v) is 24.1. The molecule has 4 aromatic carbocycles. The van der Waals surface area contributed by atoms with Crippen LogP contribution in [-0.2, 0) is 25.5 Å². The second kappa shape index (κ2) is 28.1. The Morgan fingerprint density at radius 1 is 0.812 bits per heavy atom. The number of benzene rings is 4. The Morgan fingerprint density at radius 3 is 2.10 bits per heavy atom. The number of nitrogens with two attached hydrogens (primary N) is 1. The minimum Gasteiger partial charge on any atom is -0.494 e. The van der Waals surface area contributed by atoms with Crippen LogP contribution in [0.5, 0.6) is 5.75 Å². The number of Topliss-reactive ketones (excluding diaryl/α,β-unsaturated/α-hetero) is 2. The molecular weight excluding hydrogens is 873 g/mol. The van der Waals surface area contributed by atoms with E-state index in [1.54, 1.807) is 18.2 Å². The van der Waals surface area contributed by atoms with Crippen LogP contribution in [-0.4, -0.2) is 74.0 Å². The number of nitrogens with zero attached hydrogens (tertiary/aromatic N) is 1. The summed E-state index contributed by atoms with van der Waals surface area (Å²) < 4.78 is 23.0. The summed E-state index contributed by atoms with van der Waals surface area (Å²) in [6.07, 6.45) is 5.65. The Morgan fingerprint density at radius 2 is 1.51 bits per heavy atom. The van der Waals surface area contributed by atoms with Crippen molar-refractivity contribution in [2.75, 3.05) is 44.9 Å². The Labute approximate surface area is 408 Å². The zero-order valence-electron chi connectivity index (χ0n) is 42.1. The summed E-state index contributed by atoms with van der Waals surface area (Å²) in [5.41, 5.74) is 15.6. The molecule has 6 rings (SSSR count). The van der Waals surface area contributed by atoms with Gasteiger partial charge in [0.25, 0.3) is 0 Å². The fraction of sp³-hybridized carbons (Fsp3) is 0.429. The fourth-order valence-electron chi connectivity index (χ4n) is 8.05. The minimum atomic E-state index is -0.493. The molecule has 1 aliphatic rings. The quantitative estimate of drug-likeness (QED) is 0.0340. The van der Waals surface area contributed by atoms with Gasteiger partial charge < -0.3 is 29.8 Å². The van der Waals surface area contributed by atoms with Gasteiger partial charge >= 0.3 is 0 Å². The smallest absolute Gasteiger partial charge is 0.249 e. The molecule has 0 saturated carbocycles. The van der Waals surface area contributed by atoms with Gasteiger partial charge in [-0.2, -0.15) is 0 Å². The first-order valence-electron chi connectivity index (χ1n) is 24.1. The SMILES string of the molecule is CC(=O)c1cccc(NCCOCCCOCCCCOc2ccc(C)c(-c3c(C(N)=O)cc(-c4c(C)noc4C)cc3C(C)C)c2)c1C(C)=O.CCC1CCC(=O)NC1=O.CCc1ccccc1. The molecule has 1 atom stereocenters. The van der Waals surface area contributed by atoms with Gasteiger partial charge in [0, 0.05) is 61.1 Å². The number of ether oxygens (including phenoxy) is 3. The predicted molar refractivity (Wildman–Crippen MR) is 272 cm³/mol. The van der Waals surface area contributed by atoms with E-state index in [4.69, 9.17) is 24.5 Å². The summed E-state index contributed by atoms with van der Waals surface area (Å²) in [4.78, 5) is 58.4. The van der Waals surface area contributed by atoms with Crippen LogP contribution in [0, 0.1) is 26.7 Å². The number of imide groups is 1. The number of rotatable bonds is 22. The zero-order valence-corrected chi connectivity index (χ0v) is 42.1. The Kier molecular flexibility index (Phi) is 22.5. The maximum Gasteiger partial charge on any atom is 0.249 e. The summed E-state index contributed by atoms with van der Waals surface area (Å²) in [5.74, 6) is 0.604. The fourth-order valence-corrected chi connectivity index (χ4v) is 8.05. The van der Waals surface area contributed by atoms with Crippen molar-refractivity contribution in [2.45, 2.75) is 113 Å². The van der Waals surface area contributed by atoms with Crippen LogP contribution >= 0.6 is 0 Å². The second-order valence-electron chi connectivity index (χ2n) is 17.5. The van der Waals surface area contributed by atoms with Crippen molar-refractivity contribution in [3.8, 4) is 28.0 Å². The van der Waals surface area contributed by atoms with E-state index in [2.05, 4.69) is 66.9 Å². The van der Waals surface area contributed by atoms with Crippen LogP contribution in [0.2, 0.25) is 0 Å². The second-order valence-corrected chi connectivity index (χ2v) is 17.5. The molecule has 0 radical (unpaired) electrons. The maximum absolute atomic E-state index is 12.9. The van der Waals surface area contributed by atoms with Crippen molar-refractivity contribution in [3.05, 3.63) is 124 Å². The van der Waals surface area contributed by atoms with E-state index in [1.165, 1.54) is 19.4 Å². The monoisotopic (exact) mass is 945 g/mol. The van der Waals surface area contributed by atoms with Gasteiger partial charge in [0.2, 0.25) is 17.7 Å². The summed E-state index contributed by atoms with van der Waals surface area (Å²) in [7, 11) is 0. The van der Waals surface area contributed by atoms with Gasteiger partial charge in [-0.1, -0.05) is 87.4 Å². The van der Waals surface area contributed by atoms with E-state index >= 15 is 0 Å². The number of primary amides is 1. The van der Waals surface area contributed by atoms with Crippen LogP contribution in [0.3, 0.4) is 0 Å². The highest BCUT2D eigenvalue weighted by Gasteiger charge is 2.25. The summed E-state index contributed by atoms with van der Waals surface area (Å²) in [6, 6.07) is 25.6. The molecule has 13 nitrogen and oxygen atoms in total. The van der Waals surface area contributed by atoms with Gasteiger partial charge in [0.05, 0.1) is 24.5 Å². The van der Waals surface area contributed by atoms with Crippen LogP contribution in [0.4, 0.5) is 5.69 Å². The molecule has 0 aliphatic carbocycles. The van der Waals surface area contributed by atoms with Gasteiger partial charge in [-0.25, -0.2) is 0 Å². The van der Waals surface area contributed by atoms with E-state index in [0.29, 0.717) is 74.1 Å². The summed E-state index contributed by atoms with van der Waals surface area (Å²) in [5, 5.41) is 9.61. The van der Waals surface area contributed by atoms with E-state index in [9.17, 15) is 24.0 Å². The van der Waals surface area contributed by atoms with Crippen molar-refractivity contribution in [2.24, 2.45) is 11.7 Å². The topological polar surface area (TPSA) is 189 Å². The van der Waals surface area contributed by atoms with E-state index < -0.39 is 5.91 Å². The Bertz CT molecular complexity index is 2480. The van der Waals surface area contributed by atoms with Crippen LogP contribution in [0.1, 0.15) is 145 Å². The van der Waals surface area contributed by atoms with Crippen molar-refractivity contribution in [1.82, 2.24) is 10.5 Å². The number of aromatic nitrogens is 1. The number of carbonyl (C=O) groups excluding carboxylic acids is 5. The van der Waals surface area contributed by atoms with Crippen LogP contribution in [0.15, 0.2) is 83.4 Å². The average molecular weight is 945 g/mol. The van der Waals surface area contributed by atoms with Crippen LogP contribution in [0.25, 0.3) is 22.3 Å². The molecular formula is C56H72N4O9. The van der Waals surface area contributed by atoms with Crippen molar-refractivity contribution in [3.63, 3.8) is 0 Å². The predicted octanol–water partition coefficient (Wildman–Crippen LogP) is 11.0. The lowest BCUT2D eigenvalue weighted by atomic mass is 9.84. The third-order valence-corrected chi connectivity index (χ3v) is 11.8. The molecule has 370 valence electrons. The standard InChI is InChI=1S/C41H51N3O7.C8H10.C7H11NO2/c1-25(2)34-22-31(38-27(4)44-51-30(38)7)23-36(41(42)47)40(34)35-24-32(15-14-26(35)3)50-20-9-8-17-48-18-11-19-49-21-16-43-37-13-10-12-33(28(5)45)39(37)29(6)46;1-2-8-6-4-3-5-7-8;1-2-5-3-4-6(9)8-7(5)10/h10,12-15,22-25,43H,8-9,11,16-21H2,1-7H3,(H2,42,47);3-7H,2H2,1H3;5H,2-4H2,1H3,(H,8,9,10). The molecule has 5 aromatic rings. The molecule has 69 heavy (non-hydrogen) atoms. The molecule has 2 heterocycles. The van der Waals surface area contributed by atoms with E-state index in [0.717, 1.165) is 83.3 Å². The number of ketones is 2. The molecule has 1 aliphatic heterocycles. The lowest BCUT2D eigenvalue weighted by molar-refractivity contribution is -0.136. The number of nitrogens with one attached hydrogen (secondary N) is 2. The van der Waals surface area contributed by atoms with Crippen LogP contribution < -0.4 is 21.1 Å². The van der Waals surface area contributed by atoms with Gasteiger partial charge in [-0.15, -0.1) is 0 Å². The largest absolute Gasteiger partial charge is 0.494 e. The molecule has 1 unspecified atom stereocenters. The maximum atomic E-state index is 12.9. The molecule has 1 saturated heterocycles. The molecule has 13 heteroatoms. The number of hydrogen-bond donors (Lipinski definition) is 3. The molecule has 4 N–H and O–H groups in total. The number of carbonyl (C=O) groups is 5. The van der Waals surface area contributed by atoms with Gasteiger partial charge in [0.1, 0.15) is 11.5 Å². The molecule has 0 spiro atoms. The van der Waals surface area contributed by atoms with Gasteiger partial charge in [-0.3, -0.25) is 29.3 Å². The molecule has 1 fully saturated rings. The van der Waals surface area contributed by atoms with Crippen molar-refractivity contribution >= 4 is 35.0 Å². The molecule has 1 aromatic heterocycles. The number of amides is 3. The molecule has 0 bridgehead atoms. The van der Waals surface area contributed by atoms with E-state index in [1.807, 2.05) is 58.0 Å². The number of aryl methyl sites for hydroxylation is 4. The van der Waals surface area contributed by atoms with Crippen molar-refractivity contribution in [1.29, 1.82) is 0 Å². The molecule has 3 amide bonds. The third-order valence-electron chi connectivity index (χ3n) is 11.8. The van der Waals surface area contributed by atoms with E-state index in [-0.39, 0.29) is 35.2 Å². The average Bonchev–Trinajstić information content (AvgIpc) is 3.67. The lowest BCUT2D eigenvalue weighted by Crippen LogP contribution is -2.40. The number of anilines is 1. The van der Waals surface area contributed by atoms with Crippen molar-refractivity contribution < 1.29 is 42.7 Å². The third kappa shape index (κ3) is 16.6. The first-order chi connectivity index (χ1) is 33.1. The number of unbranched alkanes of at least 4 members (excludes halogenated alkanes) is 1. The highest BCUT2D eigenvalue weighted by atomic mass is 16.5. The number of piperidine rings is 1. The normalized spacial score (nSPS) is 13.2. The highest BCUT2D eigenvalue weighted by molar-refractivity contribution is 6.10. The van der Waals surface area contributed by atoms with Gasteiger partial charge in [-0.05, 0) is 137 Å². The Hall–Kier alpha value is -6.44. The number of hydrogen-bond acceptors (Lipinski definition) is 11. The van der Waals surface area contributed by atoms with Gasteiger partial charge in [0.15, 0.2) is 11.6 Å². The lowest BCUT2D eigenvalue weighted by Gasteiger charge is -2.21. The Balaban J connectivity index is 0.000000475. The first kappa shape index (κ1) is 55.2. The highest BCUT2D eigenvalue weighted by Crippen LogP contribution is 2.40. The summed E-state index contributed by atoms with van der Waals surface area (Å²) >= 11 is 0. The summed E-state index contributed by atoms with van der Waals surface area (Å²) in [6.45, 7) is 20.3. The zero-order chi connectivity index (χ0) is 50.5.